The Morgan fingerprint density at radius 3 is 2.22 bits per heavy atom. The molecule has 2 fully saturated rings. The highest BCUT2D eigenvalue weighted by molar-refractivity contribution is 6.03. The van der Waals surface area contributed by atoms with E-state index in [-0.39, 0.29) is 5.54 Å². The average molecular weight is 496 g/mol. The third-order valence-corrected chi connectivity index (χ3v) is 8.08. The Morgan fingerprint density at radius 2 is 1.54 bits per heavy atom. The molecule has 7 heteroatoms. The molecule has 0 bridgehead atoms. The van der Waals surface area contributed by atoms with Gasteiger partial charge in [0.2, 0.25) is 0 Å². The lowest BCUT2D eigenvalue weighted by molar-refractivity contribution is 0.166. The largest absolute Gasteiger partial charge is 0.362 e. The highest BCUT2D eigenvalue weighted by Crippen LogP contribution is 2.46. The summed E-state index contributed by atoms with van der Waals surface area (Å²) >= 11 is 0. The van der Waals surface area contributed by atoms with E-state index in [1.165, 1.54) is 11.1 Å². The van der Waals surface area contributed by atoms with Crippen molar-refractivity contribution in [3.8, 4) is 0 Å². The minimum Gasteiger partial charge on any atom is -0.362 e. The predicted octanol–water partition coefficient (Wildman–Crippen LogP) is 3.61. The molecule has 6 rings (SSSR count). The Labute approximate surface area is 220 Å². The van der Waals surface area contributed by atoms with Crippen LogP contribution < -0.4 is 11.1 Å². The number of piperazine rings is 1. The van der Waals surface area contributed by atoms with E-state index in [4.69, 9.17) is 10.7 Å². The van der Waals surface area contributed by atoms with Crippen LogP contribution in [0.1, 0.15) is 29.5 Å². The summed E-state index contributed by atoms with van der Waals surface area (Å²) in [7, 11) is 4.27. The van der Waals surface area contributed by atoms with Gasteiger partial charge >= 0.3 is 0 Å². The Bertz CT molecular complexity index is 1260. The molecule has 3 aromatic rings. The molecule has 3 aliphatic rings. The monoisotopic (exact) mass is 495 g/mol. The Kier molecular flexibility index (Phi) is 6.23. The van der Waals surface area contributed by atoms with Crippen molar-refractivity contribution in [1.29, 1.82) is 0 Å². The number of nitrogens with zero attached hydrogens (tertiary/aromatic N) is 5. The van der Waals surface area contributed by atoms with Gasteiger partial charge in [0, 0.05) is 51.0 Å². The molecule has 0 spiro atoms. The summed E-state index contributed by atoms with van der Waals surface area (Å²) in [6.07, 6.45) is 3.93. The molecular weight excluding hydrogens is 458 g/mol. The van der Waals surface area contributed by atoms with Crippen molar-refractivity contribution in [3.05, 3.63) is 89.6 Å². The molecule has 0 radical (unpaired) electrons. The average Bonchev–Trinajstić information content (AvgIpc) is 3.70. The van der Waals surface area contributed by atoms with E-state index in [1.54, 1.807) is 0 Å². The SMILES string of the molecule is CN(C)CCN1CCN(C2=Nc3ncccc3NC2(c2ccccc2)c2ccc(C3(N)CC3)cc2)CC1. The van der Waals surface area contributed by atoms with Crippen LogP contribution in [0.5, 0.6) is 0 Å². The number of hydrogen-bond donors (Lipinski definition) is 2. The van der Waals surface area contributed by atoms with E-state index in [2.05, 4.69) is 99.8 Å². The molecular formula is C30H37N7. The van der Waals surface area contributed by atoms with E-state index >= 15 is 0 Å². The van der Waals surface area contributed by atoms with Crippen molar-refractivity contribution >= 4 is 17.3 Å². The summed E-state index contributed by atoms with van der Waals surface area (Å²) in [6, 6.07) is 23.7. The van der Waals surface area contributed by atoms with Crippen LogP contribution in [0, 0.1) is 0 Å². The molecule has 1 aromatic heterocycles. The number of hydrogen-bond acceptors (Lipinski definition) is 7. The second-order valence-corrected chi connectivity index (χ2v) is 10.9. The minimum atomic E-state index is -0.632. The first-order valence-electron chi connectivity index (χ1n) is 13.4. The lowest BCUT2D eigenvalue weighted by Gasteiger charge is -2.47. The van der Waals surface area contributed by atoms with Crippen LogP contribution in [0.25, 0.3) is 0 Å². The van der Waals surface area contributed by atoms with Gasteiger partial charge in [0.1, 0.15) is 11.4 Å². The zero-order chi connectivity index (χ0) is 25.5. The van der Waals surface area contributed by atoms with Gasteiger partial charge in [-0.2, -0.15) is 0 Å². The Balaban J connectivity index is 1.43. The molecule has 2 aliphatic heterocycles. The zero-order valence-corrected chi connectivity index (χ0v) is 21.9. The number of fused-ring (bicyclic) bond motifs is 1. The lowest BCUT2D eigenvalue weighted by Crippen LogP contribution is -2.58. The fourth-order valence-corrected chi connectivity index (χ4v) is 5.59. The van der Waals surface area contributed by atoms with E-state index in [1.807, 2.05) is 12.3 Å². The highest BCUT2D eigenvalue weighted by Gasteiger charge is 2.47. The second kappa shape index (κ2) is 9.56. The quantitative estimate of drug-likeness (QED) is 0.544. The van der Waals surface area contributed by atoms with Crippen molar-refractivity contribution in [3.63, 3.8) is 0 Å². The molecule has 2 aromatic carbocycles. The Hall–Kier alpha value is -3.26. The van der Waals surface area contributed by atoms with Crippen molar-refractivity contribution in [2.24, 2.45) is 10.7 Å². The van der Waals surface area contributed by atoms with E-state index < -0.39 is 5.54 Å². The fourth-order valence-electron chi connectivity index (χ4n) is 5.59. The summed E-state index contributed by atoms with van der Waals surface area (Å²) in [5.41, 5.74) is 10.2. The Morgan fingerprint density at radius 1 is 0.865 bits per heavy atom. The number of aliphatic imine (C=N–C) groups is 1. The molecule has 1 unspecified atom stereocenters. The number of pyridine rings is 1. The lowest BCUT2D eigenvalue weighted by atomic mass is 9.79. The second-order valence-electron chi connectivity index (χ2n) is 10.9. The third kappa shape index (κ3) is 4.52. The van der Waals surface area contributed by atoms with Crippen LogP contribution in [-0.2, 0) is 11.1 Å². The van der Waals surface area contributed by atoms with Gasteiger partial charge in [-0.15, -0.1) is 0 Å². The van der Waals surface area contributed by atoms with E-state index in [0.29, 0.717) is 0 Å². The van der Waals surface area contributed by atoms with Gasteiger partial charge in [-0.05, 0) is 55.8 Å². The summed E-state index contributed by atoms with van der Waals surface area (Å²) in [4.78, 5) is 17.2. The number of benzene rings is 2. The number of nitrogens with two attached hydrogens (primary N) is 1. The highest BCUT2D eigenvalue weighted by atomic mass is 15.3. The maximum Gasteiger partial charge on any atom is 0.177 e. The van der Waals surface area contributed by atoms with Crippen LogP contribution >= 0.6 is 0 Å². The van der Waals surface area contributed by atoms with Gasteiger partial charge in [-0.25, -0.2) is 9.98 Å². The van der Waals surface area contributed by atoms with Crippen LogP contribution in [0.4, 0.5) is 11.5 Å². The van der Waals surface area contributed by atoms with Crippen molar-refractivity contribution in [1.82, 2.24) is 19.7 Å². The maximum atomic E-state index is 6.54. The van der Waals surface area contributed by atoms with Gasteiger partial charge in [0.25, 0.3) is 0 Å². The minimum absolute atomic E-state index is 0.158. The standard InChI is InChI=1S/C30H37N7/c1-35(2)17-18-36-19-21-37(22-20-36)28-30(24-7-4-3-5-8-24,34-26-9-6-16-32-27(26)33-28)25-12-10-23(11-13-25)29(31)14-15-29/h3-13,16,34H,14-15,17-22,31H2,1-2H3. The summed E-state index contributed by atoms with van der Waals surface area (Å²) in [6.45, 7) is 6.04. The van der Waals surface area contributed by atoms with Gasteiger partial charge in [0.15, 0.2) is 5.82 Å². The first-order valence-corrected chi connectivity index (χ1v) is 13.4. The van der Waals surface area contributed by atoms with Crippen molar-refractivity contribution < 1.29 is 0 Å². The number of nitrogens with one attached hydrogen (secondary N) is 1. The number of anilines is 1. The molecule has 1 saturated carbocycles. The zero-order valence-electron chi connectivity index (χ0n) is 21.9. The van der Waals surface area contributed by atoms with Crippen LogP contribution in [0.3, 0.4) is 0 Å². The molecule has 0 amide bonds. The van der Waals surface area contributed by atoms with Gasteiger partial charge < -0.3 is 20.9 Å². The molecule has 3 N–H and O–H groups in total. The van der Waals surface area contributed by atoms with Crippen LogP contribution in [0.15, 0.2) is 77.9 Å². The van der Waals surface area contributed by atoms with Crippen molar-refractivity contribution in [2.45, 2.75) is 23.9 Å². The molecule has 1 aliphatic carbocycles. The molecule has 37 heavy (non-hydrogen) atoms. The topological polar surface area (TPSA) is 73.0 Å². The number of likely N-dealkylation sites (N-methyl/N-ethyl adjacent to an activating group) is 1. The van der Waals surface area contributed by atoms with E-state index in [0.717, 1.165) is 75.0 Å². The summed E-state index contributed by atoms with van der Waals surface area (Å²) in [5.74, 6) is 1.76. The summed E-state index contributed by atoms with van der Waals surface area (Å²) < 4.78 is 0. The molecule has 1 saturated heterocycles. The first-order chi connectivity index (χ1) is 18.0. The van der Waals surface area contributed by atoms with Gasteiger partial charge in [-0.1, -0.05) is 54.6 Å². The van der Waals surface area contributed by atoms with Crippen molar-refractivity contribution in [2.75, 3.05) is 58.7 Å². The molecule has 1 atom stereocenters. The number of aromatic nitrogens is 1. The van der Waals surface area contributed by atoms with E-state index in [9.17, 15) is 0 Å². The predicted molar refractivity (Wildman–Crippen MR) is 150 cm³/mol. The van der Waals surface area contributed by atoms with Gasteiger partial charge in [0.05, 0.1) is 5.69 Å². The fraction of sp³-hybridized carbons (Fsp3) is 0.400. The third-order valence-electron chi connectivity index (χ3n) is 8.08. The van der Waals surface area contributed by atoms with Crippen LogP contribution in [-0.4, -0.2) is 78.9 Å². The normalized spacial score (nSPS) is 22.8. The van der Waals surface area contributed by atoms with Gasteiger partial charge in [-0.3, -0.25) is 4.90 Å². The summed E-state index contributed by atoms with van der Waals surface area (Å²) in [5, 5.41) is 3.93. The van der Waals surface area contributed by atoms with Crippen LogP contribution in [0.2, 0.25) is 0 Å². The smallest absolute Gasteiger partial charge is 0.177 e. The number of rotatable bonds is 6. The maximum absolute atomic E-state index is 6.54. The number of amidine groups is 1. The molecule has 192 valence electrons. The molecule has 7 nitrogen and oxygen atoms in total. The first kappa shape index (κ1) is 24.1. The molecule has 3 heterocycles.